The zero-order valence-electron chi connectivity index (χ0n) is 8.37. The first kappa shape index (κ1) is 11.0. The molecule has 0 radical (unpaired) electrons. The fourth-order valence-electron chi connectivity index (χ4n) is 1.11. The monoisotopic (exact) mass is 229 g/mol. The van der Waals surface area contributed by atoms with E-state index in [9.17, 15) is 13.2 Å². The van der Waals surface area contributed by atoms with Gasteiger partial charge in [0.2, 0.25) is 0 Å². The van der Waals surface area contributed by atoms with Crippen molar-refractivity contribution in [1.82, 2.24) is 0 Å². The summed E-state index contributed by atoms with van der Waals surface area (Å²) in [5, 5.41) is 3.69. The molecule has 16 heavy (non-hydrogen) atoms. The van der Waals surface area contributed by atoms with Crippen LogP contribution in [0.15, 0.2) is 29.4 Å². The van der Waals surface area contributed by atoms with E-state index in [1.807, 2.05) is 0 Å². The third-order valence-electron chi connectivity index (χ3n) is 2.17. The predicted molar refractivity (Wildman–Crippen MR) is 53.1 cm³/mol. The maximum atomic E-state index is 12.2. The van der Waals surface area contributed by atoms with Gasteiger partial charge in [-0.15, -0.1) is 0 Å². The molecule has 5 heteroatoms. The molecule has 0 aromatic heterocycles. The van der Waals surface area contributed by atoms with Crippen molar-refractivity contribution >= 4 is 6.21 Å². The molecule has 0 N–H and O–H groups in total. The van der Waals surface area contributed by atoms with E-state index in [0.717, 1.165) is 25.0 Å². The molecule has 0 aliphatic heterocycles. The Balaban J connectivity index is 1.98. The highest BCUT2D eigenvalue weighted by Gasteiger charge is 2.29. The number of hydrogen-bond acceptors (Lipinski definition) is 2. The fraction of sp³-hybridized carbons (Fsp3) is 0.364. The Morgan fingerprint density at radius 3 is 2.31 bits per heavy atom. The van der Waals surface area contributed by atoms with E-state index in [1.54, 1.807) is 0 Å². The molecule has 0 unspecified atom stereocenters. The van der Waals surface area contributed by atoms with Crippen molar-refractivity contribution < 1.29 is 18.0 Å². The second-order valence-electron chi connectivity index (χ2n) is 3.66. The summed E-state index contributed by atoms with van der Waals surface area (Å²) in [5.41, 5.74) is -0.0681. The molecule has 86 valence electrons. The van der Waals surface area contributed by atoms with E-state index in [4.69, 9.17) is 4.84 Å². The van der Waals surface area contributed by atoms with Gasteiger partial charge in [0.25, 0.3) is 0 Å². The van der Waals surface area contributed by atoms with E-state index in [-0.39, 0.29) is 6.10 Å². The van der Waals surface area contributed by atoms with Crippen molar-refractivity contribution in [1.29, 1.82) is 0 Å². The second kappa shape index (κ2) is 4.15. The smallest absolute Gasteiger partial charge is 0.392 e. The van der Waals surface area contributed by atoms with Gasteiger partial charge < -0.3 is 4.84 Å². The lowest BCUT2D eigenvalue weighted by atomic mass is 10.1. The molecule has 0 amide bonds. The minimum Gasteiger partial charge on any atom is -0.392 e. The van der Waals surface area contributed by atoms with Gasteiger partial charge in [0.1, 0.15) is 6.10 Å². The van der Waals surface area contributed by atoms with Crippen LogP contribution in [0.5, 0.6) is 0 Å². The second-order valence-corrected chi connectivity index (χ2v) is 3.66. The van der Waals surface area contributed by atoms with Crippen molar-refractivity contribution in [2.45, 2.75) is 25.1 Å². The molecule has 2 nitrogen and oxygen atoms in total. The molecule has 1 aliphatic carbocycles. The molecule has 1 aliphatic rings. The number of oxime groups is 1. The largest absolute Gasteiger partial charge is 0.416 e. The van der Waals surface area contributed by atoms with Crippen LogP contribution in [0.1, 0.15) is 24.0 Å². The summed E-state index contributed by atoms with van der Waals surface area (Å²) in [4.78, 5) is 5.00. The molecule has 0 spiro atoms. The fourth-order valence-corrected chi connectivity index (χ4v) is 1.11. The van der Waals surface area contributed by atoms with Crippen LogP contribution >= 0.6 is 0 Å². The van der Waals surface area contributed by atoms with Gasteiger partial charge in [0.15, 0.2) is 0 Å². The van der Waals surface area contributed by atoms with E-state index < -0.39 is 11.7 Å². The van der Waals surface area contributed by atoms with Crippen LogP contribution in [-0.2, 0) is 11.0 Å². The molecule has 0 atom stereocenters. The van der Waals surface area contributed by atoms with E-state index in [1.165, 1.54) is 18.3 Å². The van der Waals surface area contributed by atoms with Crippen LogP contribution in [0.25, 0.3) is 0 Å². The minimum absolute atomic E-state index is 0.200. The lowest BCUT2D eigenvalue weighted by Crippen LogP contribution is -2.04. The summed E-state index contributed by atoms with van der Waals surface area (Å²) < 4.78 is 36.7. The molecule has 1 fully saturated rings. The average molecular weight is 229 g/mol. The molecular formula is C11H10F3NO. The highest BCUT2D eigenvalue weighted by Crippen LogP contribution is 2.29. The predicted octanol–water partition coefficient (Wildman–Crippen LogP) is 3.22. The zero-order valence-corrected chi connectivity index (χ0v) is 8.37. The molecule has 0 saturated heterocycles. The molecule has 1 aromatic rings. The zero-order chi connectivity index (χ0) is 11.6. The van der Waals surface area contributed by atoms with Crippen molar-refractivity contribution in [3.8, 4) is 0 Å². The van der Waals surface area contributed by atoms with Gasteiger partial charge >= 0.3 is 6.18 Å². The molecule has 0 heterocycles. The van der Waals surface area contributed by atoms with Gasteiger partial charge in [0.05, 0.1) is 11.8 Å². The minimum atomic E-state index is -4.29. The molecular weight excluding hydrogens is 219 g/mol. The number of benzene rings is 1. The summed E-state index contributed by atoms with van der Waals surface area (Å²) in [6.07, 6.45) is -0.668. The third kappa shape index (κ3) is 2.98. The number of nitrogens with zero attached hydrogens (tertiary/aromatic N) is 1. The van der Waals surface area contributed by atoms with Crippen molar-refractivity contribution in [2.75, 3.05) is 0 Å². The molecule has 0 bridgehead atoms. The first-order chi connectivity index (χ1) is 7.55. The summed E-state index contributed by atoms with van der Waals surface area (Å²) in [6.45, 7) is 0. The Hall–Kier alpha value is -1.52. The maximum absolute atomic E-state index is 12.2. The lowest BCUT2D eigenvalue weighted by Gasteiger charge is -2.05. The summed E-state index contributed by atoms with van der Waals surface area (Å²) in [7, 11) is 0. The van der Waals surface area contributed by atoms with Crippen molar-refractivity contribution in [3.63, 3.8) is 0 Å². The van der Waals surface area contributed by atoms with E-state index in [2.05, 4.69) is 5.16 Å². The summed E-state index contributed by atoms with van der Waals surface area (Å²) >= 11 is 0. The van der Waals surface area contributed by atoms with Crippen LogP contribution in [-0.4, -0.2) is 12.3 Å². The van der Waals surface area contributed by atoms with Gasteiger partial charge in [0, 0.05) is 0 Å². The first-order valence-electron chi connectivity index (χ1n) is 4.92. The Morgan fingerprint density at radius 2 is 1.81 bits per heavy atom. The van der Waals surface area contributed by atoms with Gasteiger partial charge in [-0.2, -0.15) is 13.2 Å². The topological polar surface area (TPSA) is 21.6 Å². The van der Waals surface area contributed by atoms with Crippen LogP contribution < -0.4 is 0 Å². The average Bonchev–Trinajstić information content (AvgIpc) is 3.01. The number of alkyl halides is 3. The van der Waals surface area contributed by atoms with Gasteiger partial charge in [-0.25, -0.2) is 0 Å². The third-order valence-corrected chi connectivity index (χ3v) is 2.17. The quantitative estimate of drug-likeness (QED) is 0.576. The molecule has 1 aromatic carbocycles. The van der Waals surface area contributed by atoms with Crippen LogP contribution in [0.3, 0.4) is 0 Å². The van der Waals surface area contributed by atoms with Gasteiger partial charge in [-0.3, -0.25) is 0 Å². The maximum Gasteiger partial charge on any atom is 0.416 e. The van der Waals surface area contributed by atoms with Gasteiger partial charge in [-0.05, 0) is 30.5 Å². The first-order valence-corrected chi connectivity index (χ1v) is 4.92. The Bertz CT molecular complexity index is 379. The summed E-state index contributed by atoms with van der Waals surface area (Å²) in [5.74, 6) is 0. The summed E-state index contributed by atoms with van der Waals surface area (Å²) in [6, 6.07) is 4.78. The Labute approximate surface area is 90.7 Å². The Morgan fingerprint density at radius 1 is 1.19 bits per heavy atom. The number of halogens is 3. The SMILES string of the molecule is FC(F)(F)c1ccc(C=NOC2CC2)cc1. The number of rotatable bonds is 3. The van der Waals surface area contributed by atoms with Crippen molar-refractivity contribution in [2.24, 2.45) is 5.16 Å². The normalized spacial score (nSPS) is 16.7. The van der Waals surface area contributed by atoms with Crippen molar-refractivity contribution in [3.05, 3.63) is 35.4 Å². The van der Waals surface area contributed by atoms with Gasteiger partial charge in [-0.1, -0.05) is 17.3 Å². The van der Waals surface area contributed by atoms with Crippen LogP contribution in [0.2, 0.25) is 0 Å². The van der Waals surface area contributed by atoms with Crippen LogP contribution in [0, 0.1) is 0 Å². The van der Waals surface area contributed by atoms with Crippen LogP contribution in [0.4, 0.5) is 13.2 Å². The highest BCUT2D eigenvalue weighted by atomic mass is 19.4. The highest BCUT2D eigenvalue weighted by molar-refractivity contribution is 5.79. The molecule has 1 saturated carbocycles. The Kier molecular flexibility index (Phi) is 2.85. The van der Waals surface area contributed by atoms with E-state index >= 15 is 0 Å². The number of hydrogen-bond donors (Lipinski definition) is 0. The molecule has 2 rings (SSSR count). The standard InChI is InChI=1S/C11H10F3NO/c12-11(13,14)9-3-1-8(2-4-9)7-15-16-10-5-6-10/h1-4,7,10H,5-6H2. The lowest BCUT2D eigenvalue weighted by molar-refractivity contribution is -0.137. The van der Waals surface area contributed by atoms with E-state index in [0.29, 0.717) is 5.56 Å².